The number of rotatable bonds is 9. The van der Waals surface area contributed by atoms with E-state index < -0.39 is 12.0 Å². The van der Waals surface area contributed by atoms with Crippen LogP contribution in [0, 0.1) is 5.41 Å². The number of benzene rings is 1. The Morgan fingerprint density at radius 2 is 1.76 bits per heavy atom. The highest BCUT2D eigenvalue weighted by atomic mass is 16.4. The molecule has 138 valence electrons. The SMILES string of the molecule is CC(C)(C)CCC(NC(=O)CCCNC(=O)c1ccccc1)C(=O)O. The van der Waals surface area contributed by atoms with E-state index in [9.17, 15) is 19.5 Å². The van der Waals surface area contributed by atoms with Gasteiger partial charge in [-0.25, -0.2) is 4.79 Å². The highest BCUT2D eigenvalue weighted by molar-refractivity contribution is 5.94. The fourth-order valence-electron chi connectivity index (χ4n) is 2.24. The van der Waals surface area contributed by atoms with Crippen molar-refractivity contribution >= 4 is 17.8 Å². The molecule has 0 heterocycles. The highest BCUT2D eigenvalue weighted by Gasteiger charge is 2.22. The van der Waals surface area contributed by atoms with Crippen LogP contribution < -0.4 is 10.6 Å². The van der Waals surface area contributed by atoms with Crippen LogP contribution >= 0.6 is 0 Å². The first-order valence-corrected chi connectivity index (χ1v) is 8.54. The molecule has 0 aliphatic heterocycles. The summed E-state index contributed by atoms with van der Waals surface area (Å²) in [5.74, 6) is -1.51. The summed E-state index contributed by atoms with van der Waals surface area (Å²) in [4.78, 5) is 35.0. The molecule has 3 N–H and O–H groups in total. The molecule has 1 aromatic rings. The van der Waals surface area contributed by atoms with Gasteiger partial charge in [-0.05, 0) is 36.8 Å². The summed E-state index contributed by atoms with van der Waals surface area (Å²) >= 11 is 0. The maximum Gasteiger partial charge on any atom is 0.326 e. The smallest absolute Gasteiger partial charge is 0.326 e. The molecular formula is C19H28N2O4. The molecule has 1 rings (SSSR count). The quantitative estimate of drug-likeness (QED) is 0.598. The second kappa shape index (κ2) is 9.81. The first-order chi connectivity index (χ1) is 11.7. The lowest BCUT2D eigenvalue weighted by Crippen LogP contribution is -2.41. The molecule has 6 heteroatoms. The molecule has 0 spiro atoms. The average Bonchev–Trinajstić information content (AvgIpc) is 2.55. The van der Waals surface area contributed by atoms with E-state index in [1.165, 1.54) is 0 Å². The summed E-state index contributed by atoms with van der Waals surface area (Å²) < 4.78 is 0. The molecule has 1 atom stereocenters. The fourth-order valence-corrected chi connectivity index (χ4v) is 2.24. The van der Waals surface area contributed by atoms with Gasteiger partial charge in [0.05, 0.1) is 0 Å². The zero-order chi connectivity index (χ0) is 18.9. The Labute approximate surface area is 149 Å². The van der Waals surface area contributed by atoms with Crippen LogP contribution in [-0.2, 0) is 9.59 Å². The van der Waals surface area contributed by atoms with Crippen LogP contribution in [0.5, 0.6) is 0 Å². The number of aliphatic carboxylic acids is 1. The largest absolute Gasteiger partial charge is 0.480 e. The molecule has 1 unspecified atom stereocenters. The third kappa shape index (κ3) is 8.88. The number of hydrogen-bond donors (Lipinski definition) is 3. The molecule has 25 heavy (non-hydrogen) atoms. The minimum absolute atomic E-state index is 0.0140. The van der Waals surface area contributed by atoms with E-state index in [0.717, 1.165) is 0 Å². The second-order valence-electron chi connectivity index (χ2n) is 7.28. The van der Waals surface area contributed by atoms with Crippen molar-refractivity contribution in [3.05, 3.63) is 35.9 Å². The van der Waals surface area contributed by atoms with E-state index in [2.05, 4.69) is 10.6 Å². The van der Waals surface area contributed by atoms with Crippen LogP contribution in [0.2, 0.25) is 0 Å². The Bertz CT molecular complexity index is 579. The van der Waals surface area contributed by atoms with Crippen molar-refractivity contribution < 1.29 is 19.5 Å². The number of carbonyl (C=O) groups excluding carboxylic acids is 2. The van der Waals surface area contributed by atoms with Crippen molar-refractivity contribution in [1.82, 2.24) is 10.6 Å². The molecule has 0 saturated carbocycles. The van der Waals surface area contributed by atoms with E-state index in [1.54, 1.807) is 24.3 Å². The van der Waals surface area contributed by atoms with Gasteiger partial charge in [-0.2, -0.15) is 0 Å². The summed E-state index contributed by atoms with van der Waals surface area (Å²) in [7, 11) is 0. The first-order valence-electron chi connectivity index (χ1n) is 8.54. The zero-order valence-electron chi connectivity index (χ0n) is 15.2. The Kier molecular flexibility index (Phi) is 8.11. The number of carbonyl (C=O) groups is 3. The van der Waals surface area contributed by atoms with Crippen molar-refractivity contribution in [3.8, 4) is 0 Å². The molecule has 0 aliphatic carbocycles. The second-order valence-corrected chi connectivity index (χ2v) is 7.28. The highest BCUT2D eigenvalue weighted by Crippen LogP contribution is 2.21. The normalized spacial score (nSPS) is 12.3. The van der Waals surface area contributed by atoms with Gasteiger partial charge < -0.3 is 15.7 Å². The van der Waals surface area contributed by atoms with E-state index in [4.69, 9.17) is 0 Å². The molecule has 1 aromatic carbocycles. The Morgan fingerprint density at radius 3 is 2.32 bits per heavy atom. The lowest BCUT2D eigenvalue weighted by Gasteiger charge is -2.21. The van der Waals surface area contributed by atoms with Crippen molar-refractivity contribution in [2.75, 3.05) is 6.54 Å². The molecule has 2 amide bonds. The van der Waals surface area contributed by atoms with Crippen molar-refractivity contribution in [2.45, 2.75) is 52.5 Å². The van der Waals surface area contributed by atoms with Gasteiger partial charge in [-0.1, -0.05) is 39.0 Å². The molecular weight excluding hydrogens is 320 g/mol. The molecule has 0 radical (unpaired) electrons. The zero-order valence-corrected chi connectivity index (χ0v) is 15.2. The number of hydrogen-bond acceptors (Lipinski definition) is 3. The minimum Gasteiger partial charge on any atom is -0.480 e. The fraction of sp³-hybridized carbons (Fsp3) is 0.526. The van der Waals surface area contributed by atoms with Gasteiger partial charge in [-0.3, -0.25) is 9.59 Å². The topological polar surface area (TPSA) is 95.5 Å². The van der Waals surface area contributed by atoms with Crippen molar-refractivity contribution in [3.63, 3.8) is 0 Å². The summed E-state index contributed by atoms with van der Waals surface area (Å²) in [5.41, 5.74) is 0.584. The minimum atomic E-state index is -1.02. The molecule has 0 fully saturated rings. The molecule has 0 saturated heterocycles. The van der Waals surface area contributed by atoms with Gasteiger partial charge in [0, 0.05) is 18.5 Å². The van der Waals surface area contributed by atoms with Gasteiger partial charge in [0.1, 0.15) is 6.04 Å². The maximum absolute atomic E-state index is 11.9. The standard InChI is InChI=1S/C19H28N2O4/c1-19(2,3)12-11-15(18(24)25)21-16(22)10-7-13-20-17(23)14-8-5-4-6-9-14/h4-6,8-9,15H,7,10-13H2,1-3H3,(H,20,23)(H,21,22)(H,24,25). The van der Waals surface area contributed by atoms with Gasteiger partial charge >= 0.3 is 5.97 Å². The van der Waals surface area contributed by atoms with Crippen LogP contribution in [0.4, 0.5) is 0 Å². The van der Waals surface area contributed by atoms with Gasteiger partial charge in [0.25, 0.3) is 5.91 Å². The maximum atomic E-state index is 11.9. The third-order valence-electron chi connectivity index (χ3n) is 3.72. The number of carboxylic acid groups (broad SMARTS) is 1. The lowest BCUT2D eigenvalue weighted by atomic mass is 9.88. The van der Waals surface area contributed by atoms with Gasteiger partial charge in [-0.15, -0.1) is 0 Å². The Balaban J connectivity index is 2.30. The van der Waals surface area contributed by atoms with Crippen LogP contribution in [0.3, 0.4) is 0 Å². The Morgan fingerprint density at radius 1 is 1.12 bits per heavy atom. The van der Waals surface area contributed by atoms with Crippen LogP contribution in [-0.4, -0.2) is 35.5 Å². The monoisotopic (exact) mass is 348 g/mol. The van der Waals surface area contributed by atoms with E-state index in [0.29, 0.717) is 31.4 Å². The average molecular weight is 348 g/mol. The molecule has 6 nitrogen and oxygen atoms in total. The van der Waals surface area contributed by atoms with Crippen molar-refractivity contribution in [2.24, 2.45) is 5.41 Å². The molecule has 0 bridgehead atoms. The number of nitrogens with one attached hydrogen (secondary N) is 2. The summed E-state index contributed by atoms with van der Waals surface area (Å²) in [6.45, 7) is 6.45. The van der Waals surface area contributed by atoms with Gasteiger partial charge in [0.15, 0.2) is 0 Å². The first kappa shape index (κ1) is 20.7. The van der Waals surface area contributed by atoms with Gasteiger partial charge in [0.2, 0.25) is 5.91 Å². The van der Waals surface area contributed by atoms with Crippen LogP contribution in [0.15, 0.2) is 30.3 Å². The van der Waals surface area contributed by atoms with Crippen molar-refractivity contribution in [1.29, 1.82) is 0 Å². The predicted octanol–water partition coefficient (Wildman–Crippen LogP) is 2.59. The molecule has 0 aliphatic rings. The third-order valence-corrected chi connectivity index (χ3v) is 3.72. The van der Waals surface area contributed by atoms with E-state index in [1.807, 2.05) is 26.8 Å². The number of carboxylic acids is 1. The summed E-state index contributed by atoms with van der Waals surface area (Å²) in [6, 6.07) is 7.96. The lowest BCUT2D eigenvalue weighted by molar-refractivity contribution is -0.142. The molecule has 0 aromatic heterocycles. The van der Waals surface area contributed by atoms with E-state index >= 15 is 0 Å². The number of amides is 2. The summed E-state index contributed by atoms with van der Waals surface area (Å²) in [6.07, 6.45) is 1.73. The van der Waals surface area contributed by atoms with E-state index in [-0.39, 0.29) is 23.7 Å². The predicted molar refractivity (Wildman–Crippen MR) is 96.3 cm³/mol. The van der Waals surface area contributed by atoms with Crippen LogP contribution in [0.1, 0.15) is 56.8 Å². The Hall–Kier alpha value is -2.37. The van der Waals surface area contributed by atoms with Crippen LogP contribution in [0.25, 0.3) is 0 Å². The summed E-state index contributed by atoms with van der Waals surface area (Å²) in [5, 5.41) is 14.5.